The predicted octanol–water partition coefficient (Wildman–Crippen LogP) is 2.32. The summed E-state index contributed by atoms with van der Waals surface area (Å²) in [6, 6.07) is 9.25. The van der Waals surface area contributed by atoms with E-state index in [-0.39, 0.29) is 23.3 Å². The van der Waals surface area contributed by atoms with E-state index < -0.39 is 15.9 Å². The van der Waals surface area contributed by atoms with Crippen LogP contribution in [0.25, 0.3) is 11.5 Å². The monoisotopic (exact) mass is 376 g/mol. The van der Waals surface area contributed by atoms with Gasteiger partial charge in [-0.15, -0.1) is 0 Å². The summed E-state index contributed by atoms with van der Waals surface area (Å²) in [7, 11) is -3.75. The molecule has 1 aromatic heterocycles. The molecule has 1 aromatic carbocycles. The van der Waals surface area contributed by atoms with Crippen LogP contribution in [0.15, 0.2) is 34.7 Å². The Balaban J connectivity index is 1.56. The Morgan fingerprint density at radius 2 is 1.96 bits per heavy atom. The van der Waals surface area contributed by atoms with E-state index in [0.717, 1.165) is 18.4 Å². The number of nitrogens with one attached hydrogen (secondary N) is 1. The van der Waals surface area contributed by atoms with E-state index in [1.165, 1.54) is 0 Å². The van der Waals surface area contributed by atoms with Gasteiger partial charge in [-0.25, -0.2) is 18.1 Å². The minimum Gasteiger partial charge on any atom is -0.440 e. The van der Waals surface area contributed by atoms with Gasteiger partial charge in [0.25, 0.3) is 5.91 Å². The molecule has 2 aromatic rings. The highest BCUT2D eigenvalue weighted by atomic mass is 32.2. The second kappa shape index (κ2) is 6.85. The molecule has 7 nitrogen and oxygen atoms in total. The number of oxazole rings is 1. The van der Waals surface area contributed by atoms with Crippen molar-refractivity contribution in [3.05, 3.63) is 41.8 Å². The lowest BCUT2D eigenvalue weighted by Gasteiger charge is -2.09. The molecule has 138 valence electrons. The Bertz CT molecular complexity index is 897. The fourth-order valence-corrected chi connectivity index (χ4v) is 4.42. The Hall–Kier alpha value is -2.19. The van der Waals surface area contributed by atoms with E-state index in [1.54, 1.807) is 0 Å². The lowest BCUT2D eigenvalue weighted by Crippen LogP contribution is -2.35. The van der Waals surface area contributed by atoms with Gasteiger partial charge in [-0.05, 0) is 31.4 Å². The van der Waals surface area contributed by atoms with Crippen LogP contribution in [0, 0.1) is 5.92 Å². The predicted molar refractivity (Wildman–Crippen MR) is 94.1 cm³/mol. The molecule has 1 amide bonds. The van der Waals surface area contributed by atoms with Crippen LogP contribution >= 0.6 is 0 Å². The van der Waals surface area contributed by atoms with Crippen LogP contribution in [-0.2, 0) is 14.8 Å². The Labute approximate surface area is 151 Å². The number of hydrogen-bond acceptors (Lipinski definition) is 6. The highest BCUT2D eigenvalue weighted by molar-refractivity contribution is 7.90. The van der Waals surface area contributed by atoms with Crippen molar-refractivity contribution < 1.29 is 22.4 Å². The molecule has 1 saturated heterocycles. The molecule has 8 heteroatoms. The van der Waals surface area contributed by atoms with Crippen molar-refractivity contribution in [3.8, 4) is 11.5 Å². The number of ether oxygens (including phenoxy) is 1. The number of nitrogens with zero attached hydrogens (tertiary/aromatic N) is 1. The molecule has 26 heavy (non-hydrogen) atoms. The first-order valence-electron chi connectivity index (χ1n) is 8.70. The second-order valence-corrected chi connectivity index (χ2v) is 8.58. The maximum absolute atomic E-state index is 12.6. The SMILES string of the molecule is O=C(NS(=O)(=O)C[C@H]1CCOC1)c1nc(-c2ccccc2)oc1C1CC1. The Morgan fingerprint density at radius 3 is 2.62 bits per heavy atom. The molecule has 1 aliphatic heterocycles. The molecule has 1 saturated carbocycles. The molecule has 0 radical (unpaired) electrons. The van der Waals surface area contributed by atoms with Gasteiger partial charge in [0.15, 0.2) is 5.69 Å². The quantitative estimate of drug-likeness (QED) is 0.831. The molecule has 2 heterocycles. The number of carbonyl (C=O) groups is 1. The smallest absolute Gasteiger partial charge is 0.286 e. The zero-order valence-corrected chi connectivity index (χ0v) is 15.0. The Kier molecular flexibility index (Phi) is 4.54. The number of benzene rings is 1. The van der Waals surface area contributed by atoms with Crippen molar-refractivity contribution >= 4 is 15.9 Å². The van der Waals surface area contributed by atoms with Crippen LogP contribution in [0.3, 0.4) is 0 Å². The third kappa shape index (κ3) is 3.81. The zero-order valence-electron chi connectivity index (χ0n) is 14.2. The summed E-state index contributed by atoms with van der Waals surface area (Å²) in [6.45, 7) is 0.966. The standard InChI is InChI=1S/C18H20N2O5S/c21-17(20-26(22,23)11-12-8-9-24-10-12)15-16(13-6-7-13)25-18(19-15)14-4-2-1-3-5-14/h1-5,12-13H,6-11H2,(H,20,21)/t12-/m0/s1. The number of amides is 1. The lowest BCUT2D eigenvalue weighted by atomic mass is 10.2. The lowest BCUT2D eigenvalue weighted by molar-refractivity contribution is 0.0975. The topological polar surface area (TPSA) is 98.5 Å². The van der Waals surface area contributed by atoms with Gasteiger partial charge in [0.05, 0.1) is 12.4 Å². The van der Waals surface area contributed by atoms with Crippen molar-refractivity contribution in [2.75, 3.05) is 19.0 Å². The molecule has 0 spiro atoms. The third-order valence-corrected chi connectivity index (χ3v) is 5.97. The van der Waals surface area contributed by atoms with Crippen molar-refractivity contribution in [3.63, 3.8) is 0 Å². The van der Waals surface area contributed by atoms with Crippen LogP contribution < -0.4 is 4.72 Å². The first-order chi connectivity index (χ1) is 12.5. The first-order valence-corrected chi connectivity index (χ1v) is 10.4. The van der Waals surface area contributed by atoms with E-state index in [0.29, 0.717) is 31.3 Å². The van der Waals surface area contributed by atoms with E-state index in [4.69, 9.17) is 9.15 Å². The maximum Gasteiger partial charge on any atom is 0.286 e. The van der Waals surface area contributed by atoms with E-state index in [9.17, 15) is 13.2 Å². The van der Waals surface area contributed by atoms with Gasteiger partial charge in [0, 0.05) is 24.0 Å². The van der Waals surface area contributed by atoms with Crippen LogP contribution in [0.4, 0.5) is 0 Å². The normalized spacial score (nSPS) is 20.2. The largest absolute Gasteiger partial charge is 0.440 e. The van der Waals surface area contributed by atoms with Gasteiger partial charge in [-0.2, -0.15) is 0 Å². The fourth-order valence-electron chi connectivity index (χ4n) is 3.08. The van der Waals surface area contributed by atoms with Crippen molar-refractivity contribution in [2.24, 2.45) is 5.92 Å². The molecular formula is C18H20N2O5S. The van der Waals surface area contributed by atoms with Gasteiger partial charge in [-0.3, -0.25) is 4.79 Å². The number of rotatable bonds is 6. The second-order valence-electron chi connectivity index (χ2n) is 6.81. The minimum absolute atomic E-state index is 0.0672. The van der Waals surface area contributed by atoms with Gasteiger partial charge >= 0.3 is 0 Å². The zero-order chi connectivity index (χ0) is 18.1. The summed E-state index contributed by atoms with van der Waals surface area (Å²) in [6.07, 6.45) is 2.51. The highest BCUT2D eigenvalue weighted by Crippen LogP contribution is 2.43. The summed E-state index contributed by atoms with van der Waals surface area (Å²) in [5, 5.41) is 0. The van der Waals surface area contributed by atoms with Crippen molar-refractivity contribution in [1.29, 1.82) is 0 Å². The molecule has 2 aliphatic rings. The number of carbonyl (C=O) groups excluding carboxylic acids is 1. The van der Waals surface area contributed by atoms with Crippen LogP contribution in [0.1, 0.15) is 41.4 Å². The van der Waals surface area contributed by atoms with E-state index in [1.807, 2.05) is 30.3 Å². The summed E-state index contributed by atoms with van der Waals surface area (Å²) in [5.74, 6) is 0.00439. The average molecular weight is 376 g/mol. The van der Waals surface area contributed by atoms with Gasteiger partial charge in [-0.1, -0.05) is 18.2 Å². The van der Waals surface area contributed by atoms with Crippen LogP contribution in [0.2, 0.25) is 0 Å². The van der Waals surface area contributed by atoms with Gasteiger partial charge < -0.3 is 9.15 Å². The fraction of sp³-hybridized carbons (Fsp3) is 0.444. The summed E-state index contributed by atoms with van der Waals surface area (Å²) < 4.78 is 37.7. The maximum atomic E-state index is 12.6. The summed E-state index contributed by atoms with van der Waals surface area (Å²) >= 11 is 0. The Morgan fingerprint density at radius 1 is 1.19 bits per heavy atom. The van der Waals surface area contributed by atoms with E-state index in [2.05, 4.69) is 9.71 Å². The number of hydrogen-bond donors (Lipinski definition) is 1. The van der Waals surface area contributed by atoms with Gasteiger partial charge in [0.2, 0.25) is 15.9 Å². The molecule has 4 rings (SSSR count). The third-order valence-electron chi connectivity index (χ3n) is 4.56. The van der Waals surface area contributed by atoms with Crippen molar-refractivity contribution in [2.45, 2.75) is 25.2 Å². The molecule has 1 N–H and O–H groups in total. The number of aromatic nitrogens is 1. The van der Waals surface area contributed by atoms with Crippen LogP contribution in [0.5, 0.6) is 0 Å². The average Bonchev–Trinajstić information content (AvgIpc) is 3.15. The minimum atomic E-state index is -3.75. The van der Waals surface area contributed by atoms with Crippen LogP contribution in [-0.4, -0.2) is 38.3 Å². The summed E-state index contributed by atoms with van der Waals surface area (Å²) in [4.78, 5) is 16.9. The molecule has 1 aliphatic carbocycles. The first kappa shape index (κ1) is 17.2. The highest BCUT2D eigenvalue weighted by Gasteiger charge is 2.35. The molecule has 2 fully saturated rings. The molecule has 1 atom stereocenters. The molecule has 0 bridgehead atoms. The van der Waals surface area contributed by atoms with Crippen molar-refractivity contribution in [1.82, 2.24) is 9.71 Å². The van der Waals surface area contributed by atoms with E-state index >= 15 is 0 Å². The van der Waals surface area contributed by atoms with Gasteiger partial charge in [0.1, 0.15) is 5.76 Å². The molecule has 0 unspecified atom stereocenters. The molecular weight excluding hydrogens is 356 g/mol. The summed E-state index contributed by atoms with van der Waals surface area (Å²) in [5.41, 5.74) is 0.817. The number of sulfonamides is 1.